The maximum Gasteiger partial charge on any atom is 0.152 e. The molecule has 0 saturated carbocycles. The first-order valence-corrected chi connectivity index (χ1v) is 6.76. The van der Waals surface area contributed by atoms with Crippen LogP contribution in [0.3, 0.4) is 0 Å². The molecule has 1 fully saturated rings. The number of aromatic nitrogens is 3. The summed E-state index contributed by atoms with van der Waals surface area (Å²) in [4.78, 5) is 6.80. The number of nitrogens with zero attached hydrogens (tertiary/aromatic N) is 4. The van der Waals surface area contributed by atoms with Crippen LogP contribution in [-0.4, -0.2) is 58.9 Å². The van der Waals surface area contributed by atoms with Crippen LogP contribution in [0, 0.1) is 0 Å². The van der Waals surface area contributed by atoms with Crippen LogP contribution >= 0.6 is 0 Å². The summed E-state index contributed by atoms with van der Waals surface area (Å²) in [5.41, 5.74) is 1.02. The van der Waals surface area contributed by atoms with Crippen molar-refractivity contribution in [3.8, 4) is 0 Å². The highest BCUT2D eigenvalue weighted by molar-refractivity contribution is 5.66. The highest BCUT2D eigenvalue weighted by atomic mass is 16.5. The molecule has 1 saturated heterocycles. The molecule has 1 aliphatic rings. The van der Waals surface area contributed by atoms with Crippen LogP contribution in [0.15, 0.2) is 24.7 Å². The Labute approximate surface area is 112 Å². The molecule has 19 heavy (non-hydrogen) atoms. The molecule has 2 aromatic rings. The number of hydrogen-bond donors (Lipinski definition) is 1. The number of rotatable bonds is 5. The molecule has 0 aromatic carbocycles. The average molecular weight is 261 g/mol. The van der Waals surface area contributed by atoms with Crippen LogP contribution < -0.4 is 5.32 Å². The maximum absolute atomic E-state index is 5.34. The van der Waals surface area contributed by atoms with Crippen LogP contribution in [0.5, 0.6) is 0 Å². The summed E-state index contributed by atoms with van der Waals surface area (Å²) < 4.78 is 7.17. The zero-order valence-corrected chi connectivity index (χ0v) is 11.0. The lowest BCUT2D eigenvalue weighted by Crippen LogP contribution is -2.37. The quantitative estimate of drug-likeness (QED) is 0.809. The van der Waals surface area contributed by atoms with Gasteiger partial charge in [-0.3, -0.25) is 4.90 Å². The van der Waals surface area contributed by atoms with Crippen LogP contribution in [0.2, 0.25) is 0 Å². The Kier molecular flexibility index (Phi) is 3.90. The SMILES string of the molecule is c1cn2nccc2c(NCCCN2CCOCC2)n1. The molecule has 0 radical (unpaired) electrons. The minimum atomic E-state index is 0.865. The molecule has 0 unspecified atom stereocenters. The lowest BCUT2D eigenvalue weighted by Gasteiger charge is -2.26. The normalized spacial score (nSPS) is 16.8. The Hall–Kier alpha value is -1.66. The van der Waals surface area contributed by atoms with Crippen molar-refractivity contribution in [1.82, 2.24) is 19.5 Å². The van der Waals surface area contributed by atoms with E-state index >= 15 is 0 Å². The van der Waals surface area contributed by atoms with Crippen molar-refractivity contribution < 1.29 is 4.74 Å². The van der Waals surface area contributed by atoms with Gasteiger partial charge < -0.3 is 10.1 Å². The minimum Gasteiger partial charge on any atom is -0.379 e. The molecule has 0 spiro atoms. The molecule has 2 aromatic heterocycles. The third-order valence-corrected chi connectivity index (χ3v) is 3.37. The zero-order valence-electron chi connectivity index (χ0n) is 11.0. The summed E-state index contributed by atoms with van der Waals surface area (Å²) in [6.45, 7) is 5.87. The predicted octanol–water partition coefficient (Wildman–Crippen LogP) is 0.863. The number of hydrogen-bond acceptors (Lipinski definition) is 5. The second-order valence-corrected chi connectivity index (χ2v) is 4.67. The summed E-state index contributed by atoms with van der Waals surface area (Å²) in [5.74, 6) is 0.905. The molecular weight excluding hydrogens is 242 g/mol. The van der Waals surface area contributed by atoms with Crippen molar-refractivity contribution in [1.29, 1.82) is 0 Å². The topological polar surface area (TPSA) is 54.7 Å². The molecule has 0 atom stereocenters. The average Bonchev–Trinajstić information content (AvgIpc) is 2.94. The van der Waals surface area contributed by atoms with E-state index in [-0.39, 0.29) is 0 Å². The lowest BCUT2D eigenvalue weighted by molar-refractivity contribution is 0.0378. The molecular formula is C13H19N5O. The number of fused-ring (bicyclic) bond motifs is 1. The van der Waals surface area contributed by atoms with Gasteiger partial charge in [-0.05, 0) is 19.0 Å². The first-order chi connectivity index (χ1) is 9.43. The summed E-state index contributed by atoms with van der Waals surface area (Å²) in [7, 11) is 0. The Morgan fingerprint density at radius 3 is 3.05 bits per heavy atom. The summed E-state index contributed by atoms with van der Waals surface area (Å²) in [6, 6.07) is 1.97. The number of morpholine rings is 1. The van der Waals surface area contributed by atoms with Crippen LogP contribution in [-0.2, 0) is 4.74 Å². The third-order valence-electron chi connectivity index (χ3n) is 3.37. The van der Waals surface area contributed by atoms with E-state index in [2.05, 4.69) is 20.3 Å². The molecule has 1 aliphatic heterocycles. The highest BCUT2D eigenvalue weighted by Gasteiger charge is 2.09. The first kappa shape index (κ1) is 12.4. The van der Waals surface area contributed by atoms with Gasteiger partial charge in [-0.1, -0.05) is 0 Å². The number of anilines is 1. The molecule has 6 nitrogen and oxygen atoms in total. The van der Waals surface area contributed by atoms with Crippen LogP contribution in [0.1, 0.15) is 6.42 Å². The number of ether oxygens (including phenoxy) is 1. The van der Waals surface area contributed by atoms with Gasteiger partial charge in [0.1, 0.15) is 5.52 Å². The standard InChI is InChI=1S/C13H19N5O/c1(6-17-8-10-19-11-9-17)3-14-13-12-2-4-16-18(12)7-5-15-13/h2,4-5,7H,1,3,6,8-11H2,(H,14,15). The van der Waals surface area contributed by atoms with Crippen molar-refractivity contribution in [2.24, 2.45) is 0 Å². The van der Waals surface area contributed by atoms with Gasteiger partial charge in [0.15, 0.2) is 5.82 Å². The van der Waals surface area contributed by atoms with Crippen LogP contribution in [0.25, 0.3) is 5.52 Å². The van der Waals surface area contributed by atoms with Gasteiger partial charge >= 0.3 is 0 Å². The van der Waals surface area contributed by atoms with Gasteiger partial charge in [0.05, 0.1) is 19.4 Å². The molecule has 0 aliphatic carbocycles. The fourth-order valence-electron chi connectivity index (χ4n) is 2.33. The fraction of sp³-hybridized carbons (Fsp3) is 0.538. The van der Waals surface area contributed by atoms with Gasteiger partial charge in [-0.2, -0.15) is 5.10 Å². The Bertz CT molecular complexity index is 520. The second kappa shape index (κ2) is 5.99. The van der Waals surface area contributed by atoms with E-state index in [4.69, 9.17) is 4.74 Å². The molecule has 3 rings (SSSR count). The summed E-state index contributed by atoms with van der Waals surface area (Å²) in [5, 5.41) is 7.58. The van der Waals surface area contributed by atoms with Gasteiger partial charge in [0, 0.05) is 32.0 Å². The van der Waals surface area contributed by atoms with Crippen molar-refractivity contribution in [2.45, 2.75) is 6.42 Å². The largest absolute Gasteiger partial charge is 0.379 e. The third kappa shape index (κ3) is 3.02. The molecule has 0 bridgehead atoms. The summed E-state index contributed by atoms with van der Waals surface area (Å²) >= 11 is 0. The fourth-order valence-corrected chi connectivity index (χ4v) is 2.33. The predicted molar refractivity (Wildman–Crippen MR) is 73.4 cm³/mol. The Morgan fingerprint density at radius 2 is 2.16 bits per heavy atom. The van der Waals surface area contributed by atoms with E-state index < -0.39 is 0 Å². The molecule has 1 N–H and O–H groups in total. The molecule has 3 heterocycles. The second-order valence-electron chi connectivity index (χ2n) is 4.67. The van der Waals surface area contributed by atoms with Crippen molar-refractivity contribution in [3.05, 3.63) is 24.7 Å². The Morgan fingerprint density at radius 1 is 1.26 bits per heavy atom. The summed E-state index contributed by atoms with van der Waals surface area (Å²) in [6.07, 6.45) is 6.52. The van der Waals surface area contributed by atoms with Gasteiger partial charge in [0.25, 0.3) is 0 Å². The molecule has 0 amide bonds. The van der Waals surface area contributed by atoms with Crippen molar-refractivity contribution in [2.75, 3.05) is 44.7 Å². The molecule has 102 valence electrons. The van der Waals surface area contributed by atoms with Gasteiger partial charge in [-0.15, -0.1) is 0 Å². The maximum atomic E-state index is 5.34. The van der Waals surface area contributed by atoms with Crippen molar-refractivity contribution >= 4 is 11.3 Å². The van der Waals surface area contributed by atoms with E-state index in [1.807, 2.05) is 16.8 Å². The minimum absolute atomic E-state index is 0.865. The van der Waals surface area contributed by atoms with E-state index in [1.165, 1.54) is 0 Å². The highest BCUT2D eigenvalue weighted by Crippen LogP contribution is 2.12. The monoisotopic (exact) mass is 261 g/mol. The molecule has 6 heteroatoms. The van der Waals surface area contributed by atoms with E-state index in [0.717, 1.165) is 57.1 Å². The van der Waals surface area contributed by atoms with E-state index in [9.17, 15) is 0 Å². The van der Waals surface area contributed by atoms with Crippen molar-refractivity contribution in [3.63, 3.8) is 0 Å². The smallest absolute Gasteiger partial charge is 0.152 e. The first-order valence-electron chi connectivity index (χ1n) is 6.76. The zero-order chi connectivity index (χ0) is 12.9. The number of nitrogens with one attached hydrogen (secondary N) is 1. The van der Waals surface area contributed by atoms with Gasteiger partial charge in [0.2, 0.25) is 0 Å². The van der Waals surface area contributed by atoms with E-state index in [1.54, 1.807) is 12.4 Å². The lowest BCUT2D eigenvalue weighted by atomic mass is 10.3. The van der Waals surface area contributed by atoms with Gasteiger partial charge in [-0.25, -0.2) is 9.50 Å². The van der Waals surface area contributed by atoms with Crippen LogP contribution in [0.4, 0.5) is 5.82 Å². The van der Waals surface area contributed by atoms with E-state index in [0.29, 0.717) is 0 Å². The Balaban J connectivity index is 1.48.